The second-order valence-corrected chi connectivity index (χ2v) is 5.83. The van der Waals surface area contributed by atoms with Gasteiger partial charge in [0.1, 0.15) is 5.65 Å². The minimum absolute atomic E-state index is 0.229. The van der Waals surface area contributed by atoms with E-state index in [0.717, 1.165) is 9.96 Å². The second-order valence-electron chi connectivity index (χ2n) is 5.83. The lowest BCUT2D eigenvalue weighted by Crippen LogP contribution is -2.28. The number of nitrogens with zero attached hydrogens (tertiary/aromatic N) is 1. The molecule has 4 aromatic rings. The van der Waals surface area contributed by atoms with Gasteiger partial charge in [0.15, 0.2) is 11.5 Å². The Morgan fingerprint density at radius 1 is 0.769 bits per heavy atom. The summed E-state index contributed by atoms with van der Waals surface area (Å²) in [5.41, 5.74) is 1.30. The number of aromatic hydroxyl groups is 2. The minimum Gasteiger partial charge on any atom is -0.504 e. The van der Waals surface area contributed by atoms with E-state index >= 15 is 0 Å². The first-order valence-corrected chi connectivity index (χ1v) is 7.92. The van der Waals surface area contributed by atoms with Crippen LogP contribution >= 0.6 is 0 Å². The number of aromatic amines is 1. The van der Waals surface area contributed by atoms with Gasteiger partial charge >= 0.3 is 0 Å². The van der Waals surface area contributed by atoms with Gasteiger partial charge in [-0.25, -0.2) is 4.40 Å². The Morgan fingerprint density at radius 3 is 2.27 bits per heavy atom. The molecule has 0 aliphatic rings. The molecule has 6 heteroatoms. The van der Waals surface area contributed by atoms with Crippen molar-refractivity contribution in [2.75, 3.05) is 0 Å². The number of pyridine rings is 1. The summed E-state index contributed by atoms with van der Waals surface area (Å²) in [6.45, 7) is 0. The third kappa shape index (κ3) is 2.44. The van der Waals surface area contributed by atoms with Gasteiger partial charge in [-0.15, -0.1) is 0 Å². The van der Waals surface area contributed by atoms with Crippen LogP contribution < -0.4 is 11.1 Å². The molecule has 6 nitrogen and oxygen atoms in total. The summed E-state index contributed by atoms with van der Waals surface area (Å²) in [6.07, 6.45) is 0. The van der Waals surface area contributed by atoms with Gasteiger partial charge in [-0.1, -0.05) is 42.5 Å². The third-order valence-electron chi connectivity index (χ3n) is 4.20. The summed E-state index contributed by atoms with van der Waals surface area (Å²) in [5.74, 6) is -0.634. The van der Waals surface area contributed by atoms with E-state index in [1.54, 1.807) is 12.1 Å². The van der Waals surface area contributed by atoms with Crippen molar-refractivity contribution in [3.63, 3.8) is 0 Å². The molecule has 0 spiro atoms. The fourth-order valence-electron chi connectivity index (χ4n) is 2.97. The first-order chi connectivity index (χ1) is 12.6. The van der Waals surface area contributed by atoms with Crippen LogP contribution in [0.2, 0.25) is 0 Å². The predicted molar refractivity (Wildman–Crippen MR) is 98.5 cm³/mol. The molecule has 0 amide bonds. The predicted octanol–water partition coefficient (Wildman–Crippen LogP) is 2.73. The Bertz CT molecular complexity index is 1240. The van der Waals surface area contributed by atoms with Gasteiger partial charge in [-0.05, 0) is 29.3 Å². The van der Waals surface area contributed by atoms with Crippen LogP contribution in [0.5, 0.6) is 11.5 Å². The maximum Gasteiger partial charge on any atom is 0.269 e. The number of benzene rings is 2. The van der Waals surface area contributed by atoms with Crippen LogP contribution in [-0.4, -0.2) is 19.6 Å². The van der Waals surface area contributed by atoms with Gasteiger partial charge in [-0.2, -0.15) is 0 Å². The molecule has 26 heavy (non-hydrogen) atoms. The van der Waals surface area contributed by atoms with Gasteiger partial charge in [0.25, 0.3) is 11.1 Å². The zero-order chi connectivity index (χ0) is 18.3. The normalized spacial score (nSPS) is 10.9. The SMILES string of the molecule is O=c1cccc2[nH]c(-c3ccccc3)c(-c3ccc(O)c(O)c3)c(=O)n12. The molecular weight excluding hydrogens is 332 g/mol. The topological polar surface area (TPSA) is 94.8 Å². The van der Waals surface area contributed by atoms with E-state index in [1.165, 1.54) is 24.3 Å². The largest absolute Gasteiger partial charge is 0.504 e. The number of phenolic OH excluding ortho intramolecular Hbond substituents is 2. The molecule has 0 unspecified atom stereocenters. The van der Waals surface area contributed by atoms with Crippen LogP contribution in [0.3, 0.4) is 0 Å². The summed E-state index contributed by atoms with van der Waals surface area (Å²) in [7, 11) is 0. The molecule has 3 N–H and O–H groups in total. The fourth-order valence-corrected chi connectivity index (χ4v) is 2.97. The molecule has 2 aromatic heterocycles. The highest BCUT2D eigenvalue weighted by molar-refractivity contribution is 5.82. The van der Waals surface area contributed by atoms with Crippen LogP contribution in [-0.2, 0) is 0 Å². The van der Waals surface area contributed by atoms with Crippen LogP contribution in [0.1, 0.15) is 0 Å². The number of hydrogen-bond donors (Lipinski definition) is 3. The molecule has 2 aromatic carbocycles. The van der Waals surface area contributed by atoms with E-state index in [0.29, 0.717) is 16.9 Å². The van der Waals surface area contributed by atoms with Gasteiger partial charge in [0, 0.05) is 6.07 Å². The molecule has 4 rings (SSSR count). The van der Waals surface area contributed by atoms with Crippen LogP contribution in [0.4, 0.5) is 0 Å². The fraction of sp³-hybridized carbons (Fsp3) is 0. The van der Waals surface area contributed by atoms with E-state index in [2.05, 4.69) is 4.98 Å². The first kappa shape index (κ1) is 15.7. The van der Waals surface area contributed by atoms with Crippen molar-refractivity contribution in [2.24, 2.45) is 0 Å². The van der Waals surface area contributed by atoms with E-state index in [1.807, 2.05) is 30.3 Å². The quantitative estimate of drug-likeness (QED) is 0.486. The lowest BCUT2D eigenvalue weighted by atomic mass is 10.00. The van der Waals surface area contributed by atoms with Gasteiger partial charge in [0.2, 0.25) is 0 Å². The number of nitrogens with one attached hydrogen (secondary N) is 1. The average Bonchev–Trinajstić information content (AvgIpc) is 2.64. The van der Waals surface area contributed by atoms with E-state index in [9.17, 15) is 19.8 Å². The smallest absolute Gasteiger partial charge is 0.269 e. The van der Waals surface area contributed by atoms with Crippen molar-refractivity contribution in [1.82, 2.24) is 9.38 Å². The standard InChI is InChI=1S/C20H14N2O4/c23-14-10-9-13(11-15(14)24)18-19(12-5-2-1-3-6-12)21-16-7-4-8-17(25)22(16)20(18)26/h1-11,21,23-24H. The molecule has 0 saturated carbocycles. The number of hydrogen-bond acceptors (Lipinski definition) is 4. The van der Waals surface area contributed by atoms with Crippen LogP contribution in [0, 0.1) is 0 Å². The molecule has 0 atom stereocenters. The molecule has 0 fully saturated rings. The van der Waals surface area contributed by atoms with Crippen molar-refractivity contribution in [1.29, 1.82) is 0 Å². The van der Waals surface area contributed by atoms with Crippen molar-refractivity contribution in [3.8, 4) is 33.9 Å². The van der Waals surface area contributed by atoms with Crippen molar-refractivity contribution < 1.29 is 10.2 Å². The zero-order valence-electron chi connectivity index (χ0n) is 13.5. The Kier molecular flexibility index (Phi) is 3.58. The number of fused-ring (bicyclic) bond motifs is 1. The summed E-state index contributed by atoms with van der Waals surface area (Å²) in [5, 5.41) is 19.4. The third-order valence-corrected chi connectivity index (χ3v) is 4.20. The lowest BCUT2D eigenvalue weighted by molar-refractivity contribution is 0.404. The molecule has 0 radical (unpaired) electrons. The monoisotopic (exact) mass is 346 g/mol. The van der Waals surface area contributed by atoms with Crippen LogP contribution in [0.15, 0.2) is 76.3 Å². The molecule has 0 aliphatic carbocycles. The number of rotatable bonds is 2. The second kappa shape index (κ2) is 5.93. The highest BCUT2D eigenvalue weighted by Gasteiger charge is 2.17. The average molecular weight is 346 g/mol. The van der Waals surface area contributed by atoms with Crippen molar-refractivity contribution >= 4 is 5.65 Å². The van der Waals surface area contributed by atoms with Gasteiger partial charge in [-0.3, -0.25) is 9.59 Å². The van der Waals surface area contributed by atoms with Crippen molar-refractivity contribution in [2.45, 2.75) is 0 Å². The van der Waals surface area contributed by atoms with Crippen LogP contribution in [0.25, 0.3) is 28.0 Å². The van der Waals surface area contributed by atoms with Crippen molar-refractivity contribution in [3.05, 3.63) is 87.4 Å². The molecular formula is C20H14N2O4. The summed E-state index contributed by atoms with van der Waals surface area (Å²) < 4.78 is 1.05. The molecule has 128 valence electrons. The number of aromatic nitrogens is 2. The summed E-state index contributed by atoms with van der Waals surface area (Å²) in [4.78, 5) is 28.5. The summed E-state index contributed by atoms with van der Waals surface area (Å²) in [6, 6.07) is 17.9. The number of phenols is 2. The Balaban J connectivity index is 2.17. The molecule has 2 heterocycles. The minimum atomic E-state index is -0.506. The maximum atomic E-state index is 13.1. The van der Waals surface area contributed by atoms with E-state index in [-0.39, 0.29) is 17.1 Å². The number of H-pyrrole nitrogens is 1. The zero-order valence-corrected chi connectivity index (χ0v) is 13.5. The highest BCUT2D eigenvalue weighted by atomic mass is 16.3. The van der Waals surface area contributed by atoms with Gasteiger partial charge in [0.05, 0.1) is 11.3 Å². The lowest BCUT2D eigenvalue weighted by Gasteiger charge is -2.13. The molecule has 0 aliphatic heterocycles. The Hall–Kier alpha value is -3.80. The Morgan fingerprint density at radius 2 is 1.54 bits per heavy atom. The highest BCUT2D eigenvalue weighted by Crippen LogP contribution is 2.33. The summed E-state index contributed by atoms with van der Waals surface area (Å²) >= 11 is 0. The first-order valence-electron chi connectivity index (χ1n) is 7.92. The van der Waals surface area contributed by atoms with E-state index < -0.39 is 11.1 Å². The maximum absolute atomic E-state index is 13.1. The van der Waals surface area contributed by atoms with Gasteiger partial charge < -0.3 is 15.2 Å². The Labute approximate surface area is 147 Å². The van der Waals surface area contributed by atoms with E-state index in [4.69, 9.17) is 0 Å². The molecule has 0 saturated heterocycles. The molecule has 0 bridgehead atoms.